The predicted molar refractivity (Wildman–Crippen MR) is 134 cm³/mol. The fourth-order valence-electron chi connectivity index (χ4n) is 5.23. The summed E-state index contributed by atoms with van der Waals surface area (Å²) >= 11 is 0. The minimum Gasteiger partial charge on any atom is -0.384 e. The van der Waals surface area contributed by atoms with Crippen molar-refractivity contribution in [3.8, 4) is 0 Å². The standard InChI is InChI=1S/C30H40O2/c1-8-27(3,4)26(31)25-29(7,24-18-14-11-15-19-24)20-23(22-16-12-10-13-17-22)21-30(25,32)28(5,6)9-2/h10-19,21,25,32H,8-9,20H2,1-7H3/t25-,29+,30-/m1/s1. The Bertz CT molecular complexity index is 970. The van der Waals surface area contributed by atoms with Crippen LogP contribution in [0.5, 0.6) is 0 Å². The van der Waals surface area contributed by atoms with Gasteiger partial charge in [-0.25, -0.2) is 0 Å². The van der Waals surface area contributed by atoms with Crippen LogP contribution in [0.3, 0.4) is 0 Å². The first-order chi connectivity index (χ1) is 14.9. The minimum absolute atomic E-state index is 0.152. The summed E-state index contributed by atoms with van der Waals surface area (Å²) in [5.74, 6) is -0.395. The maximum Gasteiger partial charge on any atom is 0.145 e. The van der Waals surface area contributed by atoms with Gasteiger partial charge >= 0.3 is 0 Å². The molecule has 2 aromatic carbocycles. The van der Waals surface area contributed by atoms with Crippen LogP contribution in [0.15, 0.2) is 66.7 Å². The number of carbonyl (C=O) groups is 1. The Hall–Kier alpha value is -2.19. The first-order valence-electron chi connectivity index (χ1n) is 12.0. The molecule has 0 aromatic heterocycles. The Labute approximate surface area is 194 Å². The van der Waals surface area contributed by atoms with Gasteiger partial charge in [-0.2, -0.15) is 0 Å². The van der Waals surface area contributed by atoms with E-state index in [4.69, 9.17) is 0 Å². The van der Waals surface area contributed by atoms with Gasteiger partial charge < -0.3 is 5.11 Å². The van der Waals surface area contributed by atoms with Crippen molar-refractivity contribution < 1.29 is 9.90 Å². The van der Waals surface area contributed by atoms with Gasteiger partial charge in [-0.05, 0) is 47.5 Å². The normalized spacial score (nSPS) is 26.5. The van der Waals surface area contributed by atoms with Crippen LogP contribution in [0.4, 0.5) is 0 Å². The van der Waals surface area contributed by atoms with Gasteiger partial charge in [-0.3, -0.25) is 4.79 Å². The van der Waals surface area contributed by atoms with Crippen molar-refractivity contribution in [1.29, 1.82) is 0 Å². The molecule has 0 fully saturated rings. The van der Waals surface area contributed by atoms with Gasteiger partial charge in [-0.1, -0.05) is 109 Å². The summed E-state index contributed by atoms with van der Waals surface area (Å²) in [6.45, 7) is 14.6. The zero-order chi connectivity index (χ0) is 23.8. The maximum absolute atomic E-state index is 14.3. The summed E-state index contributed by atoms with van der Waals surface area (Å²) in [5.41, 5.74) is 0.521. The third kappa shape index (κ3) is 3.99. The highest BCUT2D eigenvalue weighted by Crippen LogP contribution is 2.57. The van der Waals surface area contributed by atoms with Gasteiger partial charge in [0.05, 0.1) is 11.5 Å². The lowest BCUT2D eigenvalue weighted by molar-refractivity contribution is -0.155. The monoisotopic (exact) mass is 432 g/mol. The quantitative estimate of drug-likeness (QED) is 0.501. The Morgan fingerprint density at radius 3 is 1.97 bits per heavy atom. The van der Waals surface area contributed by atoms with E-state index in [0.29, 0.717) is 6.42 Å². The molecule has 0 spiro atoms. The van der Waals surface area contributed by atoms with Crippen LogP contribution >= 0.6 is 0 Å². The van der Waals surface area contributed by atoms with Crippen LogP contribution in [-0.4, -0.2) is 16.5 Å². The molecule has 0 saturated heterocycles. The molecule has 2 heteroatoms. The average molecular weight is 433 g/mol. The highest BCUT2D eigenvalue weighted by Gasteiger charge is 2.61. The second-order valence-electron chi connectivity index (χ2n) is 11.1. The van der Waals surface area contributed by atoms with E-state index in [0.717, 1.165) is 29.5 Å². The van der Waals surface area contributed by atoms with Crippen molar-refractivity contribution in [2.45, 2.75) is 78.7 Å². The van der Waals surface area contributed by atoms with Crippen LogP contribution < -0.4 is 0 Å². The Kier molecular flexibility index (Phi) is 6.60. The molecular formula is C30H40O2. The number of Topliss-reactive ketones (excluding diaryl/α,β-unsaturated/α-hetero) is 1. The van der Waals surface area contributed by atoms with Crippen molar-refractivity contribution in [2.75, 3.05) is 0 Å². The van der Waals surface area contributed by atoms with Gasteiger partial charge in [0, 0.05) is 10.8 Å². The van der Waals surface area contributed by atoms with Gasteiger partial charge in [0.1, 0.15) is 5.78 Å². The Balaban J connectivity index is 2.37. The molecule has 0 unspecified atom stereocenters. The first-order valence-corrected chi connectivity index (χ1v) is 12.0. The third-order valence-corrected chi connectivity index (χ3v) is 8.39. The summed E-state index contributed by atoms with van der Waals surface area (Å²) in [4.78, 5) is 14.3. The van der Waals surface area contributed by atoms with Crippen molar-refractivity contribution in [3.05, 3.63) is 77.9 Å². The van der Waals surface area contributed by atoms with Crippen LogP contribution in [0, 0.1) is 16.7 Å². The van der Waals surface area contributed by atoms with Gasteiger partial charge in [-0.15, -0.1) is 0 Å². The highest BCUT2D eigenvalue weighted by atomic mass is 16.3. The molecule has 0 heterocycles. The minimum atomic E-state index is -1.28. The summed E-state index contributed by atoms with van der Waals surface area (Å²) in [6.07, 6.45) is 4.25. The van der Waals surface area contributed by atoms with E-state index >= 15 is 0 Å². The molecule has 2 aromatic rings. The number of hydrogen-bond donors (Lipinski definition) is 1. The number of aliphatic hydroxyl groups is 1. The number of ketones is 1. The Morgan fingerprint density at radius 2 is 1.47 bits per heavy atom. The molecule has 1 aliphatic rings. The zero-order valence-corrected chi connectivity index (χ0v) is 20.9. The number of hydrogen-bond acceptors (Lipinski definition) is 2. The summed E-state index contributed by atoms with van der Waals surface area (Å²) < 4.78 is 0. The molecule has 0 amide bonds. The van der Waals surface area contributed by atoms with Gasteiger partial charge in [0.25, 0.3) is 0 Å². The fraction of sp³-hybridized carbons (Fsp3) is 0.500. The van der Waals surface area contributed by atoms with E-state index in [-0.39, 0.29) is 5.78 Å². The van der Waals surface area contributed by atoms with Crippen LogP contribution in [0.25, 0.3) is 5.57 Å². The summed E-state index contributed by atoms with van der Waals surface area (Å²) in [7, 11) is 0. The largest absolute Gasteiger partial charge is 0.384 e. The van der Waals surface area contributed by atoms with Crippen molar-refractivity contribution in [1.82, 2.24) is 0 Å². The van der Waals surface area contributed by atoms with Crippen LogP contribution in [-0.2, 0) is 10.2 Å². The zero-order valence-electron chi connectivity index (χ0n) is 20.9. The average Bonchev–Trinajstić information content (AvgIpc) is 2.79. The van der Waals surface area contributed by atoms with Crippen LogP contribution in [0.1, 0.15) is 78.9 Å². The molecular weight excluding hydrogens is 392 g/mol. The van der Waals surface area contributed by atoms with E-state index in [1.54, 1.807) is 0 Å². The molecule has 0 bridgehead atoms. The van der Waals surface area contributed by atoms with Gasteiger partial charge in [0.2, 0.25) is 0 Å². The molecule has 3 rings (SSSR count). The fourth-order valence-corrected chi connectivity index (χ4v) is 5.23. The smallest absolute Gasteiger partial charge is 0.145 e. The second-order valence-corrected chi connectivity index (χ2v) is 11.1. The molecule has 0 saturated carbocycles. The van der Waals surface area contributed by atoms with E-state index in [2.05, 4.69) is 58.9 Å². The predicted octanol–water partition coefficient (Wildman–Crippen LogP) is 7.22. The molecule has 172 valence electrons. The van der Waals surface area contributed by atoms with E-state index in [1.165, 1.54) is 0 Å². The molecule has 0 aliphatic heterocycles. The van der Waals surface area contributed by atoms with Gasteiger partial charge in [0.15, 0.2) is 0 Å². The van der Waals surface area contributed by atoms with Crippen molar-refractivity contribution in [3.63, 3.8) is 0 Å². The Morgan fingerprint density at radius 1 is 0.938 bits per heavy atom. The van der Waals surface area contributed by atoms with E-state index in [9.17, 15) is 9.90 Å². The SMILES string of the molecule is CCC(C)(C)C(=O)[C@@H]1[C@](C)(c2ccccc2)CC(c2ccccc2)=C[C@]1(O)C(C)(C)CC. The number of allylic oxidation sites excluding steroid dienone is 1. The molecule has 0 radical (unpaired) electrons. The molecule has 3 atom stereocenters. The highest BCUT2D eigenvalue weighted by molar-refractivity contribution is 5.91. The van der Waals surface area contributed by atoms with Crippen molar-refractivity contribution in [2.24, 2.45) is 16.7 Å². The molecule has 2 nitrogen and oxygen atoms in total. The number of carbonyl (C=O) groups excluding carboxylic acids is 1. The summed E-state index contributed by atoms with van der Waals surface area (Å²) in [5, 5.41) is 12.6. The first kappa shape index (κ1) is 24.5. The number of rotatable bonds is 7. The molecule has 1 aliphatic carbocycles. The molecule has 32 heavy (non-hydrogen) atoms. The van der Waals surface area contributed by atoms with E-state index in [1.807, 2.05) is 56.3 Å². The number of benzene rings is 2. The topological polar surface area (TPSA) is 37.3 Å². The molecule has 1 N–H and O–H groups in total. The second kappa shape index (κ2) is 8.63. The lowest BCUT2D eigenvalue weighted by Crippen LogP contribution is -2.62. The third-order valence-electron chi connectivity index (χ3n) is 8.39. The lowest BCUT2D eigenvalue weighted by atomic mass is 9.49. The van der Waals surface area contributed by atoms with E-state index < -0.39 is 27.8 Å². The lowest BCUT2D eigenvalue weighted by Gasteiger charge is -2.56. The maximum atomic E-state index is 14.3. The van der Waals surface area contributed by atoms with Crippen LogP contribution in [0.2, 0.25) is 0 Å². The van der Waals surface area contributed by atoms with Crippen molar-refractivity contribution >= 4 is 11.4 Å². The summed E-state index contributed by atoms with van der Waals surface area (Å²) in [6, 6.07) is 20.6.